The molecule has 0 saturated carbocycles. The summed E-state index contributed by atoms with van der Waals surface area (Å²) in [5, 5.41) is 5.71. The number of nitrogens with zero attached hydrogens (tertiary/aromatic N) is 1. The summed E-state index contributed by atoms with van der Waals surface area (Å²) in [7, 11) is 1.22. The van der Waals surface area contributed by atoms with Crippen molar-refractivity contribution >= 4 is 82.0 Å². The van der Waals surface area contributed by atoms with Gasteiger partial charge in [0, 0.05) is 5.69 Å². The molecule has 0 atom stereocenters. The first-order chi connectivity index (χ1) is 12.9. The molecule has 0 spiro atoms. The minimum Gasteiger partial charge on any atom is -0.469 e. The largest absolute Gasteiger partial charge is 0.469 e. The van der Waals surface area contributed by atoms with E-state index < -0.39 is 11.9 Å². The van der Waals surface area contributed by atoms with Gasteiger partial charge in [-0.3, -0.25) is 14.4 Å². The highest BCUT2D eigenvalue weighted by molar-refractivity contribution is 9.13. The summed E-state index contributed by atoms with van der Waals surface area (Å²) in [6.45, 7) is 0. The summed E-state index contributed by atoms with van der Waals surface area (Å²) in [6, 6.07) is 6.87. The maximum Gasteiger partial charge on any atom is 0.315 e. The fourth-order valence-corrected chi connectivity index (χ4v) is 3.72. The molecule has 1 aromatic carbocycles. The van der Waals surface area contributed by atoms with Crippen LogP contribution in [-0.4, -0.2) is 34.9 Å². The van der Waals surface area contributed by atoms with E-state index in [0.717, 1.165) is 9.17 Å². The molecule has 3 aromatic rings. The minimum atomic E-state index is -0.624. The third-order valence-electron chi connectivity index (χ3n) is 3.40. The van der Waals surface area contributed by atoms with E-state index in [1.165, 1.54) is 18.4 Å². The van der Waals surface area contributed by atoms with Gasteiger partial charge in [0.2, 0.25) is 5.91 Å². The number of aromatic amines is 1. The van der Waals surface area contributed by atoms with E-state index >= 15 is 0 Å². The second-order valence-corrected chi connectivity index (χ2v) is 7.98. The molecular formula is C16H12Br2N4O4S. The number of nitrogens with one attached hydrogen (secondary N) is 3. The Morgan fingerprint density at radius 1 is 1.22 bits per heavy atom. The summed E-state index contributed by atoms with van der Waals surface area (Å²) in [4.78, 5) is 42.4. The molecule has 0 unspecified atom stereocenters. The molecule has 27 heavy (non-hydrogen) atoms. The van der Waals surface area contributed by atoms with E-state index in [1.807, 2.05) is 0 Å². The van der Waals surface area contributed by atoms with Gasteiger partial charge >= 0.3 is 5.97 Å². The van der Waals surface area contributed by atoms with Crippen LogP contribution >= 0.6 is 43.2 Å². The van der Waals surface area contributed by atoms with Crippen molar-refractivity contribution in [2.45, 2.75) is 6.42 Å². The zero-order valence-electron chi connectivity index (χ0n) is 13.8. The number of hydrogen-bond donors (Lipinski definition) is 3. The zero-order chi connectivity index (χ0) is 19.6. The highest BCUT2D eigenvalue weighted by atomic mass is 79.9. The highest BCUT2D eigenvalue weighted by Gasteiger charge is 2.14. The summed E-state index contributed by atoms with van der Waals surface area (Å²) in [6.07, 6.45) is -0.380. The Bertz CT molecular complexity index is 1030. The number of aromatic nitrogens is 2. The second-order valence-electron chi connectivity index (χ2n) is 5.30. The number of benzene rings is 1. The molecule has 2 heterocycles. The van der Waals surface area contributed by atoms with Gasteiger partial charge in [-0.1, -0.05) is 11.3 Å². The van der Waals surface area contributed by atoms with Gasteiger partial charge in [0.05, 0.1) is 26.4 Å². The molecule has 0 saturated heterocycles. The Morgan fingerprint density at radius 2 is 2.00 bits per heavy atom. The van der Waals surface area contributed by atoms with Gasteiger partial charge in [0.15, 0.2) is 5.13 Å². The lowest BCUT2D eigenvalue weighted by atomic mass is 10.3. The Hall–Kier alpha value is -2.24. The summed E-state index contributed by atoms with van der Waals surface area (Å²) in [5.74, 6) is -1.42. The maximum atomic E-state index is 12.3. The summed E-state index contributed by atoms with van der Waals surface area (Å²) < 4.78 is 6.65. The van der Waals surface area contributed by atoms with E-state index in [2.05, 4.69) is 57.2 Å². The number of anilines is 2. The van der Waals surface area contributed by atoms with Crippen LogP contribution in [0.15, 0.2) is 33.3 Å². The number of methoxy groups -OCH3 is 1. The van der Waals surface area contributed by atoms with Crippen LogP contribution in [0.5, 0.6) is 0 Å². The lowest BCUT2D eigenvalue weighted by molar-refractivity contribution is -0.142. The van der Waals surface area contributed by atoms with E-state index in [4.69, 9.17) is 0 Å². The first-order valence-electron chi connectivity index (χ1n) is 7.48. The van der Waals surface area contributed by atoms with Crippen molar-refractivity contribution < 1.29 is 19.1 Å². The normalized spacial score (nSPS) is 10.6. The molecule has 0 fully saturated rings. The first-order valence-corrected chi connectivity index (χ1v) is 9.88. The zero-order valence-corrected chi connectivity index (χ0v) is 17.7. The monoisotopic (exact) mass is 514 g/mol. The fourth-order valence-electron chi connectivity index (χ4n) is 2.15. The van der Waals surface area contributed by atoms with Crippen LogP contribution in [0.1, 0.15) is 16.9 Å². The lowest BCUT2D eigenvalue weighted by Crippen LogP contribution is -2.16. The van der Waals surface area contributed by atoms with Crippen molar-refractivity contribution in [3.8, 4) is 0 Å². The number of carbonyl (C=O) groups excluding carboxylic acids is 3. The topological polar surface area (TPSA) is 113 Å². The SMILES string of the molecule is COC(=O)CC(=O)Nc1nc2ccc(NC(=O)c3cc(Br)c(Br)[nH]3)cc2s1. The number of rotatable bonds is 5. The third-order valence-corrected chi connectivity index (χ3v) is 6.11. The second kappa shape index (κ2) is 8.19. The average molecular weight is 516 g/mol. The van der Waals surface area contributed by atoms with Crippen LogP contribution in [-0.2, 0) is 14.3 Å². The van der Waals surface area contributed by atoms with Crippen LogP contribution in [0.25, 0.3) is 10.2 Å². The van der Waals surface area contributed by atoms with Crippen LogP contribution < -0.4 is 10.6 Å². The molecule has 0 bridgehead atoms. The Labute approximate surface area is 173 Å². The molecule has 8 nitrogen and oxygen atoms in total. The molecule has 2 aromatic heterocycles. The third kappa shape index (κ3) is 4.73. The molecule has 0 aliphatic heterocycles. The Morgan fingerprint density at radius 3 is 2.67 bits per heavy atom. The molecule has 0 aliphatic rings. The van der Waals surface area contributed by atoms with Crippen molar-refractivity contribution in [2.75, 3.05) is 17.7 Å². The average Bonchev–Trinajstić information content (AvgIpc) is 3.16. The molecule has 0 aliphatic carbocycles. The Balaban J connectivity index is 1.72. The molecule has 11 heteroatoms. The van der Waals surface area contributed by atoms with Crippen LogP contribution in [0.2, 0.25) is 0 Å². The molecule has 0 radical (unpaired) electrons. The number of thiazole rings is 1. The molecule has 3 N–H and O–H groups in total. The van der Waals surface area contributed by atoms with E-state index in [1.54, 1.807) is 24.3 Å². The number of halogens is 2. The quantitative estimate of drug-likeness (QED) is 0.352. The van der Waals surface area contributed by atoms with Crippen molar-refractivity contribution in [3.05, 3.63) is 39.0 Å². The van der Waals surface area contributed by atoms with Crippen molar-refractivity contribution in [1.82, 2.24) is 9.97 Å². The fraction of sp³-hybridized carbons (Fsp3) is 0.125. The molecular weight excluding hydrogens is 504 g/mol. The van der Waals surface area contributed by atoms with Gasteiger partial charge in [-0.25, -0.2) is 4.98 Å². The van der Waals surface area contributed by atoms with E-state index in [0.29, 0.717) is 26.6 Å². The van der Waals surface area contributed by atoms with Gasteiger partial charge in [-0.15, -0.1) is 0 Å². The number of esters is 1. The smallest absolute Gasteiger partial charge is 0.315 e. The highest BCUT2D eigenvalue weighted by Crippen LogP contribution is 2.29. The lowest BCUT2D eigenvalue weighted by Gasteiger charge is -2.03. The standard InChI is InChI=1S/C16H12Br2N4O4S/c1-26-13(24)6-12(23)22-16-21-9-3-2-7(4-11(9)27-16)19-15(25)10-5-8(17)14(18)20-10/h2-5,20H,6H2,1H3,(H,19,25)(H,21,22,23). The van der Waals surface area contributed by atoms with Crippen molar-refractivity contribution in [3.63, 3.8) is 0 Å². The molecule has 2 amide bonds. The predicted octanol–water partition coefficient (Wildman–Crippen LogP) is 3.90. The van der Waals surface area contributed by atoms with Crippen LogP contribution in [0.3, 0.4) is 0 Å². The van der Waals surface area contributed by atoms with Gasteiger partial charge in [0.25, 0.3) is 5.91 Å². The van der Waals surface area contributed by atoms with Gasteiger partial charge < -0.3 is 20.4 Å². The number of amides is 2. The van der Waals surface area contributed by atoms with E-state index in [-0.39, 0.29) is 12.3 Å². The maximum absolute atomic E-state index is 12.3. The van der Waals surface area contributed by atoms with Crippen molar-refractivity contribution in [1.29, 1.82) is 0 Å². The Kier molecular flexibility index (Phi) is 5.92. The number of hydrogen-bond acceptors (Lipinski definition) is 6. The van der Waals surface area contributed by atoms with Gasteiger partial charge in [-0.05, 0) is 56.1 Å². The van der Waals surface area contributed by atoms with Gasteiger partial charge in [-0.2, -0.15) is 0 Å². The van der Waals surface area contributed by atoms with E-state index in [9.17, 15) is 14.4 Å². The minimum absolute atomic E-state index is 0.295. The number of fused-ring (bicyclic) bond motifs is 1. The summed E-state index contributed by atoms with van der Waals surface area (Å²) >= 11 is 7.84. The number of H-pyrrole nitrogens is 1. The van der Waals surface area contributed by atoms with Gasteiger partial charge in [0.1, 0.15) is 12.1 Å². The number of ether oxygens (including phenoxy) is 1. The first kappa shape index (κ1) is 19.5. The number of carbonyl (C=O) groups is 3. The molecule has 3 rings (SSSR count). The van der Waals surface area contributed by atoms with Crippen LogP contribution in [0.4, 0.5) is 10.8 Å². The molecule has 140 valence electrons. The summed E-state index contributed by atoms with van der Waals surface area (Å²) in [5.41, 5.74) is 1.65. The van der Waals surface area contributed by atoms with Crippen molar-refractivity contribution in [2.24, 2.45) is 0 Å². The predicted molar refractivity (Wildman–Crippen MR) is 109 cm³/mol. The van der Waals surface area contributed by atoms with Crippen LogP contribution in [0, 0.1) is 0 Å².